The number of nitrogens with zero attached hydrogens (tertiary/aromatic N) is 3. The van der Waals surface area contributed by atoms with E-state index in [1.807, 2.05) is 13.8 Å². The molecule has 2 rings (SSSR count). The Hall–Kier alpha value is -2.28. The fraction of sp³-hybridized carbons (Fsp3) is 0.167. The molecule has 0 fully saturated rings. The first-order valence-corrected chi connectivity index (χ1v) is 6.37. The second kappa shape index (κ2) is 5.15. The minimum atomic E-state index is -0.0675. The van der Waals surface area contributed by atoms with Gasteiger partial charge in [0, 0.05) is 28.4 Å². The Morgan fingerprint density at radius 3 is 2.63 bits per heavy atom. The average Bonchev–Trinajstić information content (AvgIpc) is 2.68. The molecule has 2 aromatic rings. The van der Waals surface area contributed by atoms with Crippen LogP contribution in [0.4, 0.5) is 5.13 Å². The molecule has 0 saturated carbocycles. The SMILES string of the molecule is Cc1nc(/N=C(\N)c2cnccc2C(=N)N)sc1C. The van der Waals surface area contributed by atoms with Gasteiger partial charge >= 0.3 is 0 Å². The maximum Gasteiger partial charge on any atom is 0.211 e. The molecule has 0 atom stereocenters. The Bertz CT molecular complexity index is 638. The lowest BCUT2D eigenvalue weighted by molar-refractivity contribution is 1.21. The number of thiazole rings is 1. The molecule has 0 aliphatic heterocycles. The Balaban J connectivity index is 2.44. The van der Waals surface area contributed by atoms with Crippen molar-refractivity contribution in [1.29, 1.82) is 5.41 Å². The average molecular weight is 274 g/mol. The summed E-state index contributed by atoms with van der Waals surface area (Å²) in [6.45, 7) is 3.90. The zero-order chi connectivity index (χ0) is 14.0. The molecule has 0 unspecified atom stereocenters. The van der Waals surface area contributed by atoms with Gasteiger partial charge in [0.25, 0.3) is 0 Å². The van der Waals surface area contributed by atoms with Crippen molar-refractivity contribution in [1.82, 2.24) is 9.97 Å². The van der Waals surface area contributed by atoms with Gasteiger partial charge in [0.1, 0.15) is 11.7 Å². The summed E-state index contributed by atoms with van der Waals surface area (Å²) in [6, 6.07) is 1.64. The number of aryl methyl sites for hydroxylation is 2. The lowest BCUT2D eigenvalue weighted by Crippen LogP contribution is -2.21. The molecule has 0 spiro atoms. The van der Waals surface area contributed by atoms with Gasteiger partial charge in [-0.2, -0.15) is 0 Å². The van der Waals surface area contributed by atoms with E-state index < -0.39 is 0 Å². The number of hydrogen-bond donors (Lipinski definition) is 3. The van der Waals surface area contributed by atoms with Gasteiger partial charge in [-0.1, -0.05) is 11.3 Å². The molecule has 5 N–H and O–H groups in total. The largest absolute Gasteiger partial charge is 0.384 e. The van der Waals surface area contributed by atoms with Crippen molar-refractivity contribution >= 4 is 28.1 Å². The predicted molar refractivity (Wildman–Crippen MR) is 77.2 cm³/mol. The third-order valence-corrected chi connectivity index (χ3v) is 3.59. The number of aliphatic imine (C=N–C) groups is 1. The van der Waals surface area contributed by atoms with E-state index in [0.29, 0.717) is 16.3 Å². The van der Waals surface area contributed by atoms with Gasteiger partial charge in [0.2, 0.25) is 5.13 Å². The molecule has 0 amide bonds. The second-order valence-corrected chi connectivity index (χ2v) is 5.15. The molecule has 0 saturated heterocycles. The first kappa shape index (κ1) is 13.2. The van der Waals surface area contributed by atoms with Crippen molar-refractivity contribution in [3.63, 3.8) is 0 Å². The topological polar surface area (TPSA) is 114 Å². The zero-order valence-corrected chi connectivity index (χ0v) is 11.5. The molecule has 98 valence electrons. The number of pyridine rings is 1. The number of amidine groups is 2. The molecule has 0 radical (unpaired) electrons. The van der Waals surface area contributed by atoms with Crippen LogP contribution >= 0.6 is 11.3 Å². The molecule has 0 bridgehead atoms. The first-order chi connectivity index (χ1) is 8.99. The highest BCUT2D eigenvalue weighted by Gasteiger charge is 2.10. The van der Waals surface area contributed by atoms with E-state index in [1.54, 1.807) is 18.5 Å². The highest BCUT2D eigenvalue weighted by atomic mass is 32.1. The summed E-state index contributed by atoms with van der Waals surface area (Å²) in [5, 5.41) is 8.10. The van der Waals surface area contributed by atoms with Crippen LogP contribution in [0.3, 0.4) is 0 Å². The lowest BCUT2D eigenvalue weighted by Gasteiger charge is -2.05. The Kier molecular flexibility index (Phi) is 3.57. The summed E-state index contributed by atoms with van der Waals surface area (Å²) in [5.41, 5.74) is 13.5. The van der Waals surface area contributed by atoms with Crippen LogP contribution in [0.25, 0.3) is 0 Å². The number of aromatic nitrogens is 2. The van der Waals surface area contributed by atoms with Crippen LogP contribution < -0.4 is 11.5 Å². The number of nitrogens with one attached hydrogen (secondary N) is 1. The minimum Gasteiger partial charge on any atom is -0.384 e. The van der Waals surface area contributed by atoms with Crippen LogP contribution in [0.15, 0.2) is 23.5 Å². The van der Waals surface area contributed by atoms with Crippen LogP contribution in [0.5, 0.6) is 0 Å². The molecule has 6 nitrogen and oxygen atoms in total. The second-order valence-electron chi connectivity index (χ2n) is 3.97. The fourth-order valence-corrected chi connectivity index (χ4v) is 2.29. The summed E-state index contributed by atoms with van der Waals surface area (Å²) in [6.07, 6.45) is 3.11. The summed E-state index contributed by atoms with van der Waals surface area (Å²) in [7, 11) is 0. The number of rotatable bonds is 3. The van der Waals surface area contributed by atoms with E-state index in [2.05, 4.69) is 15.0 Å². The van der Waals surface area contributed by atoms with Gasteiger partial charge in [0.15, 0.2) is 0 Å². The standard InChI is InChI=1S/C12H14N6S/c1-6-7(2)19-12(17-6)18-11(15)9-5-16-4-3-8(9)10(13)14/h3-5H,1-2H3,(H3,13,14)(H2,15,17,18). The molecule has 2 aromatic heterocycles. The van der Waals surface area contributed by atoms with Gasteiger partial charge in [-0.25, -0.2) is 9.98 Å². The molecular formula is C12H14N6S. The smallest absolute Gasteiger partial charge is 0.211 e. The summed E-state index contributed by atoms with van der Waals surface area (Å²) < 4.78 is 0. The molecule has 0 aliphatic rings. The summed E-state index contributed by atoms with van der Waals surface area (Å²) >= 11 is 1.47. The van der Waals surface area contributed by atoms with E-state index >= 15 is 0 Å². The van der Waals surface area contributed by atoms with Gasteiger partial charge in [0.05, 0.1) is 5.69 Å². The van der Waals surface area contributed by atoms with Crippen LogP contribution in [0.2, 0.25) is 0 Å². The third-order valence-electron chi connectivity index (χ3n) is 2.62. The summed E-state index contributed by atoms with van der Waals surface area (Å²) in [5.74, 6) is 0.189. The van der Waals surface area contributed by atoms with Crippen molar-refractivity contribution in [2.45, 2.75) is 13.8 Å². The predicted octanol–water partition coefficient (Wildman–Crippen LogP) is 1.48. The van der Waals surface area contributed by atoms with Crippen molar-refractivity contribution in [3.05, 3.63) is 40.2 Å². The highest BCUT2D eigenvalue weighted by molar-refractivity contribution is 7.15. The van der Waals surface area contributed by atoms with Crippen molar-refractivity contribution in [3.8, 4) is 0 Å². The Morgan fingerprint density at radius 1 is 1.32 bits per heavy atom. The molecule has 0 aliphatic carbocycles. The van der Waals surface area contributed by atoms with Gasteiger partial charge in [-0.05, 0) is 19.9 Å². The molecule has 7 heteroatoms. The third kappa shape index (κ3) is 2.76. The Morgan fingerprint density at radius 2 is 2.05 bits per heavy atom. The fourth-order valence-electron chi connectivity index (χ4n) is 1.50. The number of nitrogens with two attached hydrogens (primary N) is 2. The molecular weight excluding hydrogens is 260 g/mol. The van der Waals surface area contributed by atoms with E-state index in [4.69, 9.17) is 16.9 Å². The van der Waals surface area contributed by atoms with Gasteiger partial charge in [-0.3, -0.25) is 10.4 Å². The first-order valence-electron chi connectivity index (χ1n) is 5.56. The molecule has 19 heavy (non-hydrogen) atoms. The van der Waals surface area contributed by atoms with Crippen LogP contribution in [-0.4, -0.2) is 21.6 Å². The normalized spacial score (nSPS) is 11.6. The Labute approximate surface area is 114 Å². The van der Waals surface area contributed by atoms with E-state index in [9.17, 15) is 0 Å². The maximum atomic E-state index is 7.51. The van der Waals surface area contributed by atoms with Gasteiger partial charge < -0.3 is 11.5 Å². The summed E-state index contributed by atoms with van der Waals surface area (Å²) in [4.78, 5) is 13.6. The van der Waals surface area contributed by atoms with Crippen LogP contribution in [-0.2, 0) is 0 Å². The van der Waals surface area contributed by atoms with Crippen molar-refractivity contribution < 1.29 is 0 Å². The zero-order valence-electron chi connectivity index (χ0n) is 10.6. The minimum absolute atomic E-state index is 0.0675. The number of hydrogen-bond acceptors (Lipinski definition) is 5. The van der Waals surface area contributed by atoms with Crippen LogP contribution in [0.1, 0.15) is 21.7 Å². The van der Waals surface area contributed by atoms with Crippen molar-refractivity contribution in [2.24, 2.45) is 16.5 Å². The maximum absolute atomic E-state index is 7.51. The molecule has 2 heterocycles. The van der Waals surface area contributed by atoms with Gasteiger partial charge in [-0.15, -0.1) is 0 Å². The number of nitrogen functional groups attached to an aromatic ring is 1. The van der Waals surface area contributed by atoms with E-state index in [-0.39, 0.29) is 11.7 Å². The monoisotopic (exact) mass is 274 g/mol. The van der Waals surface area contributed by atoms with Crippen LogP contribution in [0, 0.1) is 19.3 Å². The van der Waals surface area contributed by atoms with E-state index in [1.165, 1.54) is 11.3 Å². The highest BCUT2D eigenvalue weighted by Crippen LogP contribution is 2.24. The molecule has 0 aromatic carbocycles. The lowest BCUT2D eigenvalue weighted by atomic mass is 10.1. The van der Waals surface area contributed by atoms with E-state index in [0.717, 1.165) is 10.6 Å². The van der Waals surface area contributed by atoms with Crippen molar-refractivity contribution in [2.75, 3.05) is 0 Å². The quantitative estimate of drug-likeness (QED) is 0.581.